The fourth-order valence-electron chi connectivity index (χ4n) is 9.34. The van der Waals surface area contributed by atoms with Gasteiger partial charge >= 0.3 is 0 Å². The van der Waals surface area contributed by atoms with Crippen molar-refractivity contribution in [1.29, 1.82) is 0 Å². The number of likely N-dealkylation sites (N-methyl/N-ethyl adjacent to an activating group) is 1. The van der Waals surface area contributed by atoms with E-state index in [-0.39, 0.29) is 37.1 Å². The van der Waals surface area contributed by atoms with Crippen molar-refractivity contribution in [2.24, 2.45) is 34.6 Å². The molecule has 4 saturated carbocycles. The van der Waals surface area contributed by atoms with Gasteiger partial charge in [0.1, 0.15) is 30.4 Å². The van der Waals surface area contributed by atoms with Gasteiger partial charge in [0.15, 0.2) is 0 Å². The van der Waals surface area contributed by atoms with Gasteiger partial charge in [0.25, 0.3) is 0 Å². The Morgan fingerprint density at radius 1 is 0.849 bits per heavy atom. The average Bonchev–Trinajstić information content (AvgIpc) is 3.37. The van der Waals surface area contributed by atoms with Gasteiger partial charge in [-0.05, 0) is 88.4 Å². The third kappa shape index (κ3) is 10.5. The van der Waals surface area contributed by atoms with E-state index in [0.29, 0.717) is 43.4 Å². The first kappa shape index (κ1) is 41.4. The molecule has 7 atom stereocenters. The highest BCUT2D eigenvalue weighted by atomic mass is 16.5. The molecule has 53 heavy (non-hydrogen) atoms. The Bertz CT molecular complexity index is 1270. The standard InChI is InChI=1S/C39H67N7O7/c1-5-11-31-36(49)45-33(26-12-8-6-7-9-13-26)37(50)43-29(21-40)34(47)44-30(22-52-28-17-27(41)18-28)35(48)42-24(3)53-32(23(2)38(51)46(31)4)16-25-19-39(20-25)14-10-15-39/h23-33H,5-22,40-41H2,1-4H3,(H,42,48)(H,43,50)(H,44,47)(H,45,49)/t23-,24+,27?,28?,29+,30+,31+,32-,33+/m1/s1. The predicted octanol–water partition coefficient (Wildman–Crippen LogP) is 1.97. The van der Waals surface area contributed by atoms with E-state index in [1.165, 1.54) is 24.2 Å². The topological polar surface area (TPSA) is 207 Å². The number of carbonyl (C=O) groups is 5. The Morgan fingerprint density at radius 3 is 2.08 bits per heavy atom. The number of amides is 5. The van der Waals surface area contributed by atoms with Crippen molar-refractivity contribution in [2.75, 3.05) is 20.2 Å². The Hall–Kier alpha value is -2.81. The summed E-state index contributed by atoms with van der Waals surface area (Å²) in [6.45, 7) is 5.17. The van der Waals surface area contributed by atoms with Gasteiger partial charge in [-0.3, -0.25) is 24.0 Å². The van der Waals surface area contributed by atoms with E-state index in [9.17, 15) is 24.0 Å². The van der Waals surface area contributed by atoms with Crippen molar-refractivity contribution < 1.29 is 33.4 Å². The second kappa shape index (κ2) is 18.7. The molecule has 0 aromatic rings. The molecule has 4 aliphatic carbocycles. The lowest BCUT2D eigenvalue weighted by atomic mass is 9.51. The Morgan fingerprint density at radius 2 is 1.49 bits per heavy atom. The monoisotopic (exact) mass is 746 g/mol. The van der Waals surface area contributed by atoms with Gasteiger partial charge in [-0.15, -0.1) is 0 Å². The first-order valence-electron chi connectivity index (χ1n) is 20.5. The molecule has 0 bridgehead atoms. The first-order valence-corrected chi connectivity index (χ1v) is 20.5. The SMILES string of the molecule is CCC[C@H]1C(=O)N[C@@H](C2CCCCCC2)C(=O)N[C@@H](CN)C(=O)N[C@@H](COC2CC(N)C2)C(=O)N[C@H](C)O[C@H](CC2CC3(CCC3)C2)[C@@H](C)C(=O)N1C. The van der Waals surface area contributed by atoms with Crippen LogP contribution in [0.25, 0.3) is 0 Å². The minimum atomic E-state index is -1.17. The summed E-state index contributed by atoms with van der Waals surface area (Å²) in [5.74, 6) is -2.65. The highest BCUT2D eigenvalue weighted by molar-refractivity contribution is 5.96. The second-order valence-electron chi connectivity index (χ2n) is 17.0. The number of carbonyl (C=O) groups excluding carboxylic acids is 5. The van der Waals surface area contributed by atoms with Gasteiger partial charge in [0, 0.05) is 19.6 Å². The van der Waals surface area contributed by atoms with Crippen molar-refractivity contribution in [3.05, 3.63) is 0 Å². The highest BCUT2D eigenvalue weighted by Crippen LogP contribution is 2.60. The summed E-state index contributed by atoms with van der Waals surface area (Å²) in [4.78, 5) is 71.7. The molecule has 5 amide bonds. The lowest BCUT2D eigenvalue weighted by molar-refractivity contribution is -0.152. The van der Waals surface area contributed by atoms with Crippen LogP contribution in [0.4, 0.5) is 0 Å². The molecule has 1 aliphatic heterocycles. The molecule has 14 nitrogen and oxygen atoms in total. The molecule has 0 radical (unpaired) electrons. The van der Waals surface area contributed by atoms with Crippen LogP contribution in [0.3, 0.4) is 0 Å². The molecule has 1 heterocycles. The zero-order valence-corrected chi connectivity index (χ0v) is 32.5. The van der Waals surface area contributed by atoms with Crippen molar-refractivity contribution in [2.45, 2.75) is 172 Å². The van der Waals surface area contributed by atoms with Crippen molar-refractivity contribution >= 4 is 29.5 Å². The Kier molecular flexibility index (Phi) is 14.6. The highest BCUT2D eigenvalue weighted by Gasteiger charge is 2.49. The molecule has 300 valence electrons. The molecule has 1 spiro atoms. The van der Waals surface area contributed by atoms with Crippen LogP contribution in [0.1, 0.15) is 124 Å². The van der Waals surface area contributed by atoms with Crippen LogP contribution in [0.2, 0.25) is 0 Å². The van der Waals surface area contributed by atoms with Crippen molar-refractivity contribution in [3.8, 4) is 0 Å². The van der Waals surface area contributed by atoms with E-state index in [1.54, 1.807) is 14.0 Å². The molecular weight excluding hydrogens is 678 g/mol. The number of nitrogens with one attached hydrogen (secondary N) is 4. The van der Waals surface area contributed by atoms with Crippen LogP contribution in [0.15, 0.2) is 0 Å². The number of nitrogens with two attached hydrogens (primary N) is 2. The largest absolute Gasteiger partial charge is 0.375 e. The number of hydrogen-bond donors (Lipinski definition) is 6. The fourth-order valence-corrected chi connectivity index (χ4v) is 9.34. The zero-order chi connectivity index (χ0) is 38.3. The minimum absolute atomic E-state index is 0.0358. The molecule has 5 fully saturated rings. The van der Waals surface area contributed by atoms with Crippen LogP contribution in [-0.2, 0) is 33.4 Å². The Balaban J connectivity index is 1.43. The number of ether oxygens (including phenoxy) is 2. The molecule has 5 rings (SSSR count). The van der Waals surface area contributed by atoms with Crippen LogP contribution >= 0.6 is 0 Å². The zero-order valence-electron chi connectivity index (χ0n) is 32.5. The quantitative estimate of drug-likeness (QED) is 0.191. The number of rotatable bonds is 9. The summed E-state index contributed by atoms with van der Waals surface area (Å²) >= 11 is 0. The summed E-state index contributed by atoms with van der Waals surface area (Å²) in [5, 5.41) is 11.5. The van der Waals surface area contributed by atoms with Gasteiger partial charge in [0.2, 0.25) is 29.5 Å². The van der Waals surface area contributed by atoms with Gasteiger partial charge in [-0.25, -0.2) is 0 Å². The van der Waals surface area contributed by atoms with E-state index in [4.69, 9.17) is 20.9 Å². The molecule has 0 aromatic carbocycles. The van der Waals surface area contributed by atoms with E-state index in [0.717, 1.165) is 51.4 Å². The maximum absolute atomic E-state index is 14.3. The van der Waals surface area contributed by atoms with Crippen LogP contribution < -0.4 is 32.7 Å². The third-order valence-corrected chi connectivity index (χ3v) is 12.9. The summed E-state index contributed by atoms with van der Waals surface area (Å²) in [7, 11) is 1.65. The summed E-state index contributed by atoms with van der Waals surface area (Å²) in [6.07, 6.45) is 12.9. The maximum atomic E-state index is 14.3. The van der Waals surface area contributed by atoms with Gasteiger partial charge < -0.3 is 47.1 Å². The lowest BCUT2D eigenvalue weighted by Gasteiger charge is -2.55. The summed E-state index contributed by atoms with van der Waals surface area (Å²) < 4.78 is 12.5. The molecule has 1 saturated heterocycles. The molecule has 8 N–H and O–H groups in total. The van der Waals surface area contributed by atoms with Gasteiger partial charge in [-0.2, -0.15) is 0 Å². The van der Waals surface area contributed by atoms with E-state index in [2.05, 4.69) is 21.3 Å². The summed E-state index contributed by atoms with van der Waals surface area (Å²) in [6, 6.07) is -3.99. The first-order chi connectivity index (χ1) is 25.3. The second-order valence-corrected chi connectivity index (χ2v) is 17.0. The molecule has 14 heteroatoms. The fraction of sp³-hybridized carbons (Fsp3) is 0.872. The van der Waals surface area contributed by atoms with Gasteiger partial charge in [-0.1, -0.05) is 52.4 Å². The smallest absolute Gasteiger partial charge is 0.246 e. The number of nitrogens with zero attached hydrogens (tertiary/aromatic N) is 1. The average molecular weight is 746 g/mol. The Labute approximate surface area is 315 Å². The predicted molar refractivity (Wildman–Crippen MR) is 200 cm³/mol. The third-order valence-electron chi connectivity index (χ3n) is 12.9. The summed E-state index contributed by atoms with van der Waals surface area (Å²) in [5.41, 5.74) is 12.4. The normalized spacial score (nSPS) is 35.7. The van der Waals surface area contributed by atoms with Crippen molar-refractivity contribution in [3.63, 3.8) is 0 Å². The molecule has 0 unspecified atom stereocenters. The van der Waals surface area contributed by atoms with Crippen LogP contribution in [0.5, 0.6) is 0 Å². The molecule has 5 aliphatic rings. The van der Waals surface area contributed by atoms with E-state index < -0.39 is 66.0 Å². The van der Waals surface area contributed by atoms with Gasteiger partial charge in [0.05, 0.1) is 24.7 Å². The molecule has 0 aromatic heterocycles. The lowest BCUT2D eigenvalue weighted by Crippen LogP contribution is -2.62. The van der Waals surface area contributed by atoms with Crippen molar-refractivity contribution in [1.82, 2.24) is 26.2 Å². The van der Waals surface area contributed by atoms with Crippen LogP contribution in [-0.4, -0.2) is 103 Å². The van der Waals surface area contributed by atoms with E-state index in [1.807, 2.05) is 13.8 Å². The number of hydrogen-bond acceptors (Lipinski definition) is 9. The van der Waals surface area contributed by atoms with E-state index >= 15 is 0 Å². The maximum Gasteiger partial charge on any atom is 0.246 e. The van der Waals surface area contributed by atoms with Crippen LogP contribution in [0, 0.1) is 23.2 Å². The minimum Gasteiger partial charge on any atom is -0.375 e. The molecular formula is C39H67N7O7.